The van der Waals surface area contributed by atoms with Crippen molar-refractivity contribution in [2.45, 2.75) is 12.8 Å². The van der Waals surface area contributed by atoms with Crippen molar-refractivity contribution >= 4 is 35.3 Å². The predicted octanol–water partition coefficient (Wildman–Crippen LogP) is 6.49. The van der Waals surface area contributed by atoms with E-state index in [2.05, 4.69) is 10.5 Å². The van der Waals surface area contributed by atoms with Gasteiger partial charge in [0, 0.05) is 5.56 Å². The molecule has 0 aliphatic rings. The van der Waals surface area contributed by atoms with Crippen molar-refractivity contribution in [3.8, 4) is 5.75 Å². The smallest absolute Gasteiger partial charge is 0.416 e. The van der Waals surface area contributed by atoms with Gasteiger partial charge in [-0.3, -0.25) is 4.79 Å². The summed E-state index contributed by atoms with van der Waals surface area (Å²) in [5, 5.41) is 4.02. The lowest BCUT2D eigenvalue weighted by atomic mass is 10.1. The summed E-state index contributed by atoms with van der Waals surface area (Å²) in [6.45, 7) is 0.0394. The minimum absolute atomic E-state index is 0.0394. The van der Waals surface area contributed by atoms with E-state index in [1.54, 1.807) is 12.1 Å². The number of benzene rings is 3. The SMILES string of the molecule is O=C(N/N=C\c1cc(Cl)c(OCc2cccc(F)c2)c(Cl)c1)c1cccc(C(F)(F)F)c1. The first-order chi connectivity index (χ1) is 15.1. The number of amides is 1. The summed E-state index contributed by atoms with van der Waals surface area (Å²) in [4.78, 5) is 12.1. The molecule has 0 fully saturated rings. The Morgan fingerprint density at radius 1 is 1.03 bits per heavy atom. The molecule has 3 aromatic carbocycles. The second-order valence-corrected chi connectivity index (χ2v) is 7.32. The first-order valence-electron chi connectivity index (χ1n) is 9.00. The number of hydrazone groups is 1. The molecule has 1 amide bonds. The highest BCUT2D eigenvalue weighted by Gasteiger charge is 2.30. The average Bonchev–Trinajstić information content (AvgIpc) is 2.72. The van der Waals surface area contributed by atoms with Crippen LogP contribution in [-0.4, -0.2) is 12.1 Å². The number of nitrogens with zero attached hydrogens (tertiary/aromatic N) is 1. The predicted molar refractivity (Wildman–Crippen MR) is 114 cm³/mol. The van der Waals surface area contributed by atoms with Gasteiger partial charge in [0.05, 0.1) is 21.8 Å². The largest absolute Gasteiger partial charge is 0.486 e. The van der Waals surface area contributed by atoms with E-state index < -0.39 is 23.5 Å². The number of carbonyl (C=O) groups is 1. The summed E-state index contributed by atoms with van der Waals surface area (Å²) in [5.41, 5.74) is 1.99. The Balaban J connectivity index is 1.65. The van der Waals surface area contributed by atoms with Crippen LogP contribution < -0.4 is 10.2 Å². The van der Waals surface area contributed by atoms with Crippen LogP contribution in [0.15, 0.2) is 65.8 Å². The van der Waals surface area contributed by atoms with Crippen molar-refractivity contribution in [3.63, 3.8) is 0 Å². The molecule has 32 heavy (non-hydrogen) atoms. The van der Waals surface area contributed by atoms with Crippen molar-refractivity contribution in [3.05, 3.63) is 98.8 Å². The van der Waals surface area contributed by atoms with Crippen LogP contribution in [0.1, 0.15) is 27.0 Å². The van der Waals surface area contributed by atoms with E-state index in [4.69, 9.17) is 27.9 Å². The summed E-state index contributed by atoms with van der Waals surface area (Å²) >= 11 is 12.4. The molecule has 0 aliphatic heterocycles. The van der Waals surface area contributed by atoms with Gasteiger partial charge in [-0.1, -0.05) is 41.4 Å². The lowest BCUT2D eigenvalue weighted by Gasteiger charge is -2.11. The fourth-order valence-corrected chi connectivity index (χ4v) is 3.25. The van der Waals surface area contributed by atoms with Crippen molar-refractivity contribution in [1.82, 2.24) is 5.43 Å². The van der Waals surface area contributed by atoms with Gasteiger partial charge in [-0.2, -0.15) is 18.3 Å². The lowest BCUT2D eigenvalue weighted by Crippen LogP contribution is -2.18. The second-order valence-electron chi connectivity index (χ2n) is 6.51. The fourth-order valence-electron chi connectivity index (χ4n) is 2.64. The highest BCUT2D eigenvalue weighted by atomic mass is 35.5. The summed E-state index contributed by atoms with van der Waals surface area (Å²) < 4.78 is 57.1. The third-order valence-corrected chi connectivity index (χ3v) is 4.69. The van der Waals surface area contributed by atoms with Gasteiger partial charge >= 0.3 is 6.18 Å². The number of nitrogens with one attached hydrogen (secondary N) is 1. The van der Waals surface area contributed by atoms with E-state index in [1.165, 1.54) is 36.5 Å². The molecule has 0 atom stereocenters. The minimum atomic E-state index is -4.56. The number of alkyl halides is 3. The molecule has 3 aromatic rings. The van der Waals surface area contributed by atoms with Crippen LogP contribution in [0.2, 0.25) is 10.0 Å². The monoisotopic (exact) mass is 484 g/mol. The van der Waals surface area contributed by atoms with Gasteiger partial charge in [0.1, 0.15) is 12.4 Å². The summed E-state index contributed by atoms with van der Waals surface area (Å²) in [7, 11) is 0. The van der Waals surface area contributed by atoms with E-state index in [-0.39, 0.29) is 28.0 Å². The molecule has 0 radical (unpaired) electrons. The summed E-state index contributed by atoms with van der Waals surface area (Å²) in [6.07, 6.45) is -3.34. The van der Waals surface area contributed by atoms with E-state index in [1.807, 2.05) is 0 Å². The van der Waals surface area contributed by atoms with Gasteiger partial charge in [-0.05, 0) is 53.6 Å². The Kier molecular flexibility index (Phi) is 7.37. The third-order valence-electron chi connectivity index (χ3n) is 4.12. The molecule has 1 N–H and O–H groups in total. The standard InChI is InChI=1S/C22H14Cl2F4N2O2/c23-18-8-14(9-19(24)20(18)32-12-13-3-1-6-17(25)7-13)11-29-30-21(31)15-4-2-5-16(10-15)22(26,27)28/h1-11H,12H2,(H,30,31)/b29-11-. The second kappa shape index (κ2) is 10.0. The molecule has 4 nitrogen and oxygen atoms in total. The molecule has 0 aliphatic carbocycles. The van der Waals surface area contributed by atoms with Crippen molar-refractivity contribution in [1.29, 1.82) is 0 Å². The van der Waals surface area contributed by atoms with Crippen molar-refractivity contribution < 1.29 is 27.1 Å². The number of carbonyl (C=O) groups excluding carboxylic acids is 1. The van der Waals surface area contributed by atoms with Crippen LogP contribution in [0, 0.1) is 5.82 Å². The maximum Gasteiger partial charge on any atom is 0.416 e. The van der Waals surface area contributed by atoms with Crippen LogP contribution in [-0.2, 0) is 12.8 Å². The van der Waals surface area contributed by atoms with Gasteiger partial charge in [-0.25, -0.2) is 9.82 Å². The number of rotatable bonds is 6. The van der Waals surface area contributed by atoms with Crippen LogP contribution in [0.25, 0.3) is 0 Å². The zero-order valence-electron chi connectivity index (χ0n) is 16.1. The van der Waals surface area contributed by atoms with Crippen LogP contribution in [0.4, 0.5) is 17.6 Å². The average molecular weight is 485 g/mol. The maximum absolute atomic E-state index is 13.3. The first-order valence-corrected chi connectivity index (χ1v) is 9.76. The van der Waals surface area contributed by atoms with E-state index in [0.717, 1.165) is 18.2 Å². The van der Waals surface area contributed by atoms with Crippen molar-refractivity contribution in [2.75, 3.05) is 0 Å². The molecule has 0 spiro atoms. The molecule has 0 bridgehead atoms. The summed E-state index contributed by atoms with van der Waals surface area (Å²) in [5.74, 6) is -1.04. The molecule has 166 valence electrons. The molecule has 0 saturated carbocycles. The number of hydrogen-bond donors (Lipinski definition) is 1. The van der Waals surface area contributed by atoms with Gasteiger partial charge in [0.15, 0.2) is 5.75 Å². The number of ether oxygens (including phenoxy) is 1. The maximum atomic E-state index is 13.3. The van der Waals surface area contributed by atoms with Gasteiger partial charge in [-0.15, -0.1) is 0 Å². The molecule has 10 heteroatoms. The van der Waals surface area contributed by atoms with Crippen molar-refractivity contribution in [2.24, 2.45) is 5.10 Å². The third kappa shape index (κ3) is 6.21. The quantitative estimate of drug-likeness (QED) is 0.247. The highest BCUT2D eigenvalue weighted by molar-refractivity contribution is 6.37. The Morgan fingerprint density at radius 3 is 2.38 bits per heavy atom. The molecule has 0 unspecified atom stereocenters. The Labute approximate surface area is 190 Å². The number of hydrogen-bond acceptors (Lipinski definition) is 3. The summed E-state index contributed by atoms with van der Waals surface area (Å²) in [6, 6.07) is 12.7. The zero-order valence-corrected chi connectivity index (χ0v) is 17.6. The van der Waals surface area contributed by atoms with E-state index in [0.29, 0.717) is 11.1 Å². The Hall–Kier alpha value is -3.10. The molecule has 0 aromatic heterocycles. The van der Waals surface area contributed by atoms with Crippen LogP contribution in [0.5, 0.6) is 5.75 Å². The van der Waals surface area contributed by atoms with Crippen LogP contribution in [0.3, 0.4) is 0 Å². The lowest BCUT2D eigenvalue weighted by molar-refractivity contribution is -0.137. The molecular formula is C22H14Cl2F4N2O2. The molecule has 0 saturated heterocycles. The first kappa shape index (κ1) is 23.6. The fraction of sp³-hybridized carbons (Fsp3) is 0.0909. The Morgan fingerprint density at radius 2 is 1.72 bits per heavy atom. The topological polar surface area (TPSA) is 50.7 Å². The van der Waals surface area contributed by atoms with Gasteiger partial charge in [0.2, 0.25) is 0 Å². The molecule has 0 heterocycles. The van der Waals surface area contributed by atoms with E-state index in [9.17, 15) is 22.4 Å². The van der Waals surface area contributed by atoms with E-state index >= 15 is 0 Å². The Bertz CT molecular complexity index is 1140. The van der Waals surface area contributed by atoms with Crippen LogP contribution >= 0.6 is 23.2 Å². The minimum Gasteiger partial charge on any atom is -0.486 e. The number of halogens is 6. The highest BCUT2D eigenvalue weighted by Crippen LogP contribution is 2.34. The van der Waals surface area contributed by atoms with Gasteiger partial charge in [0.25, 0.3) is 5.91 Å². The zero-order chi connectivity index (χ0) is 23.3. The molecular weight excluding hydrogens is 471 g/mol. The normalized spacial score (nSPS) is 11.6. The van der Waals surface area contributed by atoms with Gasteiger partial charge < -0.3 is 4.74 Å². The molecule has 3 rings (SSSR count).